The second-order valence-electron chi connectivity index (χ2n) is 7.39. The molecule has 6 nitrogen and oxygen atoms in total. The standard InChI is InChI=1S/C20H32ClN5O/c1-4-25-9-7-15(13-25)12-23-20(22-2)24-17-8-10-26(14-17)18-11-16(21)5-6-19(18)27-3/h5-6,11,15,17H,4,7-10,12-14H2,1-3H3,(H2,22,23,24). The van der Waals surface area contributed by atoms with Crippen LogP contribution >= 0.6 is 11.6 Å². The molecule has 0 saturated carbocycles. The molecule has 0 bridgehead atoms. The van der Waals surface area contributed by atoms with Gasteiger partial charge in [0.2, 0.25) is 0 Å². The van der Waals surface area contributed by atoms with Crippen LogP contribution in [0.2, 0.25) is 5.02 Å². The fourth-order valence-corrected chi connectivity index (χ4v) is 4.17. The summed E-state index contributed by atoms with van der Waals surface area (Å²) in [5.74, 6) is 2.47. The summed E-state index contributed by atoms with van der Waals surface area (Å²) in [5.41, 5.74) is 1.06. The zero-order valence-electron chi connectivity index (χ0n) is 16.7. The molecule has 2 saturated heterocycles. The summed E-state index contributed by atoms with van der Waals surface area (Å²) in [6.07, 6.45) is 2.33. The van der Waals surface area contributed by atoms with Gasteiger partial charge in [0.15, 0.2) is 5.96 Å². The number of ether oxygens (including phenoxy) is 1. The third-order valence-corrected chi connectivity index (χ3v) is 5.84. The van der Waals surface area contributed by atoms with Crippen molar-refractivity contribution in [1.29, 1.82) is 0 Å². The van der Waals surface area contributed by atoms with E-state index in [2.05, 4.69) is 32.3 Å². The number of nitrogens with zero attached hydrogens (tertiary/aromatic N) is 3. The Morgan fingerprint density at radius 3 is 2.85 bits per heavy atom. The fraction of sp³-hybridized carbons (Fsp3) is 0.650. The molecule has 27 heavy (non-hydrogen) atoms. The highest BCUT2D eigenvalue weighted by Gasteiger charge is 2.26. The topological polar surface area (TPSA) is 52.1 Å². The van der Waals surface area contributed by atoms with E-state index < -0.39 is 0 Å². The molecule has 0 amide bonds. The van der Waals surface area contributed by atoms with Gasteiger partial charge < -0.3 is 25.2 Å². The van der Waals surface area contributed by atoms with E-state index in [0.29, 0.717) is 12.0 Å². The van der Waals surface area contributed by atoms with E-state index in [4.69, 9.17) is 16.3 Å². The predicted molar refractivity (Wildman–Crippen MR) is 113 cm³/mol. The number of likely N-dealkylation sites (tertiary alicyclic amines) is 1. The van der Waals surface area contributed by atoms with Gasteiger partial charge >= 0.3 is 0 Å². The lowest BCUT2D eigenvalue weighted by atomic mass is 10.1. The van der Waals surface area contributed by atoms with Gasteiger partial charge in [-0.2, -0.15) is 0 Å². The minimum Gasteiger partial charge on any atom is -0.495 e. The summed E-state index contributed by atoms with van der Waals surface area (Å²) in [6, 6.07) is 6.13. The van der Waals surface area contributed by atoms with Crippen molar-refractivity contribution >= 4 is 23.2 Å². The van der Waals surface area contributed by atoms with E-state index in [-0.39, 0.29) is 0 Å². The Hall–Kier alpha value is -1.66. The molecule has 150 valence electrons. The van der Waals surface area contributed by atoms with Crippen molar-refractivity contribution in [2.24, 2.45) is 10.9 Å². The van der Waals surface area contributed by atoms with E-state index in [1.165, 1.54) is 19.5 Å². The van der Waals surface area contributed by atoms with E-state index >= 15 is 0 Å². The van der Waals surface area contributed by atoms with Crippen LogP contribution in [0.5, 0.6) is 5.75 Å². The van der Waals surface area contributed by atoms with Crippen molar-refractivity contribution in [3.05, 3.63) is 23.2 Å². The van der Waals surface area contributed by atoms with Crippen LogP contribution in [0.4, 0.5) is 5.69 Å². The van der Waals surface area contributed by atoms with Crippen molar-refractivity contribution in [3.8, 4) is 5.75 Å². The summed E-state index contributed by atoms with van der Waals surface area (Å²) < 4.78 is 5.50. The van der Waals surface area contributed by atoms with Gasteiger partial charge in [0.05, 0.1) is 12.8 Å². The quantitative estimate of drug-likeness (QED) is 0.574. The average molecular weight is 394 g/mol. The number of guanidine groups is 1. The molecule has 2 atom stereocenters. The molecule has 2 heterocycles. The first-order chi connectivity index (χ1) is 13.1. The summed E-state index contributed by atoms with van der Waals surface area (Å²) in [4.78, 5) is 9.25. The van der Waals surface area contributed by atoms with Crippen molar-refractivity contribution in [2.75, 3.05) is 58.3 Å². The molecule has 2 N–H and O–H groups in total. The van der Waals surface area contributed by atoms with Crippen molar-refractivity contribution in [1.82, 2.24) is 15.5 Å². The molecule has 0 aliphatic carbocycles. The van der Waals surface area contributed by atoms with Crippen molar-refractivity contribution in [2.45, 2.75) is 25.8 Å². The number of aliphatic imine (C=N–C) groups is 1. The Labute approximate surface area is 167 Å². The summed E-state index contributed by atoms with van der Waals surface area (Å²) >= 11 is 6.19. The average Bonchev–Trinajstić information content (AvgIpc) is 3.34. The Bertz CT molecular complexity index is 653. The molecule has 3 rings (SSSR count). The lowest BCUT2D eigenvalue weighted by Crippen LogP contribution is -2.46. The lowest BCUT2D eigenvalue weighted by molar-refractivity contribution is 0.341. The van der Waals surface area contributed by atoms with Crippen molar-refractivity contribution in [3.63, 3.8) is 0 Å². The van der Waals surface area contributed by atoms with E-state index in [1.54, 1.807) is 7.11 Å². The first kappa shape index (κ1) is 20.1. The summed E-state index contributed by atoms with van der Waals surface area (Å²) in [7, 11) is 3.54. The third-order valence-electron chi connectivity index (χ3n) is 5.61. The van der Waals surface area contributed by atoms with Gasteiger partial charge in [-0.15, -0.1) is 0 Å². The van der Waals surface area contributed by atoms with Gasteiger partial charge in [-0.05, 0) is 50.0 Å². The Morgan fingerprint density at radius 2 is 2.15 bits per heavy atom. The summed E-state index contributed by atoms with van der Waals surface area (Å²) in [5, 5.41) is 7.83. The monoisotopic (exact) mass is 393 g/mol. The van der Waals surface area contributed by atoms with Crippen LogP contribution < -0.4 is 20.3 Å². The zero-order chi connectivity index (χ0) is 19.2. The van der Waals surface area contributed by atoms with Gasteiger partial charge in [-0.25, -0.2) is 0 Å². The van der Waals surface area contributed by atoms with Crippen LogP contribution in [0.25, 0.3) is 0 Å². The van der Waals surface area contributed by atoms with Crippen LogP contribution in [0.15, 0.2) is 23.2 Å². The normalized spacial score (nSPS) is 23.7. The maximum Gasteiger partial charge on any atom is 0.191 e. The minimum absolute atomic E-state index is 0.357. The zero-order valence-corrected chi connectivity index (χ0v) is 17.4. The molecule has 1 aromatic carbocycles. The van der Waals surface area contributed by atoms with Crippen LogP contribution in [0, 0.1) is 5.92 Å². The lowest BCUT2D eigenvalue weighted by Gasteiger charge is -2.23. The highest BCUT2D eigenvalue weighted by molar-refractivity contribution is 6.30. The second kappa shape index (κ2) is 9.51. The molecule has 2 fully saturated rings. The maximum absolute atomic E-state index is 6.19. The molecule has 2 unspecified atom stereocenters. The Morgan fingerprint density at radius 1 is 1.30 bits per heavy atom. The molecular formula is C20H32ClN5O. The molecule has 0 spiro atoms. The smallest absolute Gasteiger partial charge is 0.191 e. The molecule has 2 aliphatic heterocycles. The number of anilines is 1. The van der Waals surface area contributed by atoms with E-state index in [0.717, 1.165) is 55.0 Å². The fourth-order valence-electron chi connectivity index (χ4n) is 4.00. The molecule has 0 aromatic heterocycles. The number of hydrogen-bond donors (Lipinski definition) is 2. The largest absolute Gasteiger partial charge is 0.495 e. The maximum atomic E-state index is 6.19. The van der Waals surface area contributed by atoms with Gasteiger partial charge in [0.25, 0.3) is 0 Å². The summed E-state index contributed by atoms with van der Waals surface area (Å²) in [6.45, 7) is 8.64. The highest BCUT2D eigenvalue weighted by atomic mass is 35.5. The minimum atomic E-state index is 0.357. The number of benzene rings is 1. The van der Waals surface area contributed by atoms with Gasteiger partial charge in [0, 0.05) is 44.3 Å². The molecule has 7 heteroatoms. The van der Waals surface area contributed by atoms with Crippen molar-refractivity contribution < 1.29 is 4.74 Å². The third kappa shape index (κ3) is 5.20. The molecule has 1 aromatic rings. The van der Waals surface area contributed by atoms with E-state index in [1.807, 2.05) is 25.2 Å². The van der Waals surface area contributed by atoms with Crippen LogP contribution in [-0.4, -0.2) is 70.3 Å². The number of rotatable bonds is 6. The first-order valence-corrected chi connectivity index (χ1v) is 10.3. The molecule has 0 radical (unpaired) electrons. The van der Waals surface area contributed by atoms with Crippen LogP contribution in [0.1, 0.15) is 19.8 Å². The Balaban J connectivity index is 1.50. The number of methoxy groups -OCH3 is 1. The SMILES string of the molecule is CCN1CCC(CNC(=NC)NC2CCN(c3cc(Cl)ccc3OC)C2)C1. The first-order valence-electron chi connectivity index (χ1n) is 9.91. The number of hydrogen-bond acceptors (Lipinski definition) is 4. The molecule has 2 aliphatic rings. The second-order valence-corrected chi connectivity index (χ2v) is 7.83. The predicted octanol–water partition coefficient (Wildman–Crippen LogP) is 2.43. The number of nitrogens with one attached hydrogen (secondary N) is 2. The van der Waals surface area contributed by atoms with E-state index in [9.17, 15) is 0 Å². The van der Waals surface area contributed by atoms with Gasteiger partial charge in [-0.1, -0.05) is 18.5 Å². The van der Waals surface area contributed by atoms with Gasteiger partial charge in [0.1, 0.15) is 5.75 Å². The highest BCUT2D eigenvalue weighted by Crippen LogP contribution is 2.33. The molecular weight excluding hydrogens is 362 g/mol. The number of halogens is 1. The Kier molecular flexibility index (Phi) is 7.07. The van der Waals surface area contributed by atoms with Crippen LogP contribution in [-0.2, 0) is 0 Å². The van der Waals surface area contributed by atoms with Crippen LogP contribution in [0.3, 0.4) is 0 Å². The van der Waals surface area contributed by atoms with Gasteiger partial charge in [-0.3, -0.25) is 4.99 Å².